The molecule has 0 aromatic carbocycles. The fraction of sp³-hybridized carbons (Fsp3) is 1.00. The average Bonchev–Trinajstić information content (AvgIpc) is 2.99. The van der Waals surface area contributed by atoms with E-state index >= 15 is 0 Å². The van der Waals surface area contributed by atoms with Gasteiger partial charge in [0.15, 0.2) is 0 Å². The highest BCUT2D eigenvalue weighted by molar-refractivity contribution is 14.1. The van der Waals surface area contributed by atoms with E-state index in [-0.39, 0.29) is 0 Å². The highest BCUT2D eigenvalue weighted by atomic mass is 127. The summed E-state index contributed by atoms with van der Waals surface area (Å²) in [6.45, 7) is 1.01. The molecule has 0 radical (unpaired) electrons. The Hall–Kier alpha value is 0.690. The van der Waals surface area contributed by atoms with Gasteiger partial charge in [0.25, 0.3) is 0 Å². The highest BCUT2D eigenvalue weighted by Gasteiger charge is 2.24. The molecule has 0 N–H and O–H groups in total. The highest BCUT2D eigenvalue weighted by Crippen LogP contribution is 2.33. The van der Waals surface area contributed by atoms with Gasteiger partial charge in [0.1, 0.15) is 0 Å². The predicted molar refractivity (Wildman–Crippen MR) is 68.0 cm³/mol. The molecule has 2 aliphatic rings. The molecule has 0 aromatic heterocycles. The Morgan fingerprint density at radius 2 is 1.86 bits per heavy atom. The van der Waals surface area contributed by atoms with Crippen LogP contribution in [0.5, 0.6) is 0 Å². The quantitative estimate of drug-likeness (QED) is 0.425. The molecule has 0 bridgehead atoms. The monoisotopic (exact) mass is 308 g/mol. The van der Waals surface area contributed by atoms with Gasteiger partial charge in [-0.1, -0.05) is 48.3 Å². The summed E-state index contributed by atoms with van der Waals surface area (Å²) < 4.78 is 6.75. The van der Waals surface area contributed by atoms with Gasteiger partial charge in [0, 0.05) is 10.5 Å². The number of halogens is 1. The molecule has 2 rings (SSSR count). The molecule has 0 heterocycles. The van der Waals surface area contributed by atoms with E-state index < -0.39 is 0 Å². The molecular formula is C12H21IO. The number of rotatable bonds is 5. The third-order valence-corrected chi connectivity index (χ3v) is 4.83. The van der Waals surface area contributed by atoms with Crippen LogP contribution < -0.4 is 0 Å². The average molecular weight is 308 g/mol. The van der Waals surface area contributed by atoms with E-state index in [2.05, 4.69) is 22.6 Å². The largest absolute Gasteiger partial charge is 0.377 e. The molecule has 0 amide bonds. The summed E-state index contributed by atoms with van der Waals surface area (Å²) in [5.74, 6) is 1.07. The van der Waals surface area contributed by atoms with Crippen molar-refractivity contribution in [2.24, 2.45) is 5.92 Å². The van der Waals surface area contributed by atoms with Crippen LogP contribution in [-0.4, -0.2) is 16.6 Å². The van der Waals surface area contributed by atoms with E-state index in [1.54, 1.807) is 0 Å². The van der Waals surface area contributed by atoms with Gasteiger partial charge >= 0.3 is 0 Å². The van der Waals surface area contributed by atoms with Crippen LogP contribution in [0.25, 0.3) is 0 Å². The van der Waals surface area contributed by atoms with Gasteiger partial charge in [-0.05, 0) is 31.6 Å². The molecule has 0 saturated heterocycles. The van der Waals surface area contributed by atoms with E-state index in [0.717, 1.165) is 16.4 Å². The van der Waals surface area contributed by atoms with Crippen LogP contribution in [-0.2, 0) is 4.74 Å². The zero-order chi connectivity index (χ0) is 9.80. The summed E-state index contributed by atoms with van der Waals surface area (Å²) >= 11 is 2.57. The van der Waals surface area contributed by atoms with Crippen LogP contribution in [0.1, 0.15) is 51.4 Å². The summed E-state index contributed by atoms with van der Waals surface area (Å²) in [6, 6.07) is 0. The molecule has 0 aliphatic heterocycles. The lowest BCUT2D eigenvalue weighted by Crippen LogP contribution is -2.28. The molecule has 1 nitrogen and oxygen atoms in total. The van der Waals surface area contributed by atoms with Gasteiger partial charge in [0.2, 0.25) is 0 Å². The van der Waals surface area contributed by atoms with Gasteiger partial charge in [-0.3, -0.25) is 0 Å². The molecule has 2 heteroatoms. The third kappa shape index (κ3) is 3.69. The van der Waals surface area contributed by atoms with Gasteiger partial charge < -0.3 is 4.74 Å². The van der Waals surface area contributed by atoms with Crippen LogP contribution in [0.15, 0.2) is 0 Å². The Morgan fingerprint density at radius 1 is 1.07 bits per heavy atom. The van der Waals surface area contributed by atoms with Gasteiger partial charge in [-0.15, -0.1) is 0 Å². The Bertz CT molecular complexity index is 168. The summed E-state index contributed by atoms with van der Waals surface area (Å²) in [4.78, 5) is 0. The Balaban J connectivity index is 1.53. The summed E-state index contributed by atoms with van der Waals surface area (Å²) in [5.41, 5.74) is 0. The Labute approximate surface area is 101 Å². The SMILES string of the molecule is IC1CCCCC1OCCCC1CC1. The molecule has 0 aromatic rings. The zero-order valence-electron chi connectivity index (χ0n) is 8.88. The van der Waals surface area contributed by atoms with E-state index in [1.165, 1.54) is 51.4 Å². The molecule has 2 fully saturated rings. The van der Waals surface area contributed by atoms with Crippen LogP contribution in [0, 0.1) is 5.92 Å². The van der Waals surface area contributed by atoms with E-state index in [9.17, 15) is 0 Å². The second-order valence-corrected chi connectivity index (χ2v) is 6.40. The molecule has 2 atom stereocenters. The standard InChI is InChI=1S/C12H21IO/c13-11-5-1-2-6-12(11)14-9-3-4-10-7-8-10/h10-12H,1-9H2. The van der Waals surface area contributed by atoms with E-state index in [1.807, 2.05) is 0 Å². The lowest BCUT2D eigenvalue weighted by Gasteiger charge is -2.27. The van der Waals surface area contributed by atoms with Crippen molar-refractivity contribution in [3.63, 3.8) is 0 Å². The van der Waals surface area contributed by atoms with Crippen molar-refractivity contribution >= 4 is 22.6 Å². The van der Waals surface area contributed by atoms with Gasteiger partial charge in [0.05, 0.1) is 6.10 Å². The topological polar surface area (TPSA) is 9.23 Å². The molecule has 2 saturated carbocycles. The maximum Gasteiger partial charge on any atom is 0.0692 e. The Morgan fingerprint density at radius 3 is 2.57 bits per heavy atom. The molecule has 2 aliphatic carbocycles. The second kappa shape index (κ2) is 5.69. The molecule has 82 valence electrons. The minimum Gasteiger partial charge on any atom is -0.377 e. The lowest BCUT2D eigenvalue weighted by molar-refractivity contribution is 0.0337. The summed E-state index contributed by atoms with van der Waals surface area (Å²) in [7, 11) is 0. The van der Waals surface area contributed by atoms with Gasteiger partial charge in [-0.25, -0.2) is 0 Å². The molecule has 2 unspecified atom stereocenters. The van der Waals surface area contributed by atoms with E-state index in [0.29, 0.717) is 6.10 Å². The van der Waals surface area contributed by atoms with Crippen molar-refractivity contribution in [3.05, 3.63) is 0 Å². The first-order valence-corrected chi connectivity index (χ1v) is 7.36. The predicted octanol–water partition coefficient (Wildman–Crippen LogP) is 3.94. The first kappa shape index (κ1) is 11.2. The van der Waals surface area contributed by atoms with Crippen LogP contribution in [0.3, 0.4) is 0 Å². The minimum absolute atomic E-state index is 0.573. The second-order valence-electron chi connectivity index (χ2n) is 4.80. The van der Waals surface area contributed by atoms with Crippen molar-refractivity contribution < 1.29 is 4.74 Å². The summed E-state index contributed by atoms with van der Waals surface area (Å²) in [6.07, 6.45) is 11.7. The van der Waals surface area contributed by atoms with Crippen LogP contribution in [0.2, 0.25) is 0 Å². The van der Waals surface area contributed by atoms with Crippen LogP contribution >= 0.6 is 22.6 Å². The fourth-order valence-electron chi connectivity index (χ4n) is 2.25. The lowest BCUT2D eigenvalue weighted by atomic mass is 9.98. The number of alkyl halides is 1. The van der Waals surface area contributed by atoms with Crippen molar-refractivity contribution in [2.75, 3.05) is 6.61 Å². The summed E-state index contributed by atoms with van der Waals surface area (Å²) in [5, 5.41) is 0. The van der Waals surface area contributed by atoms with Crippen molar-refractivity contribution in [2.45, 2.75) is 61.4 Å². The maximum atomic E-state index is 5.97. The minimum atomic E-state index is 0.573. The number of hydrogen-bond donors (Lipinski definition) is 0. The van der Waals surface area contributed by atoms with Crippen molar-refractivity contribution in [1.29, 1.82) is 0 Å². The maximum absolute atomic E-state index is 5.97. The van der Waals surface area contributed by atoms with Crippen LogP contribution in [0.4, 0.5) is 0 Å². The Kier molecular flexibility index (Phi) is 4.54. The van der Waals surface area contributed by atoms with Gasteiger partial charge in [-0.2, -0.15) is 0 Å². The number of hydrogen-bond acceptors (Lipinski definition) is 1. The normalized spacial score (nSPS) is 33.2. The van der Waals surface area contributed by atoms with Crippen molar-refractivity contribution in [3.8, 4) is 0 Å². The zero-order valence-corrected chi connectivity index (χ0v) is 11.0. The first-order chi connectivity index (χ1) is 6.86. The number of ether oxygens (including phenoxy) is 1. The molecular weight excluding hydrogens is 287 g/mol. The van der Waals surface area contributed by atoms with E-state index in [4.69, 9.17) is 4.74 Å². The smallest absolute Gasteiger partial charge is 0.0692 e. The molecule has 14 heavy (non-hydrogen) atoms. The first-order valence-electron chi connectivity index (χ1n) is 6.12. The van der Waals surface area contributed by atoms with Crippen molar-refractivity contribution in [1.82, 2.24) is 0 Å². The molecule has 0 spiro atoms. The fourth-order valence-corrected chi connectivity index (χ4v) is 3.26. The third-order valence-electron chi connectivity index (χ3n) is 3.41.